The standard InChI is InChI=1S/C10H21IN2O2/c1-6-13(11)8-7-12(5)9(14)15-10(2,3)4/h6-8H2,1-5H3. The summed E-state index contributed by atoms with van der Waals surface area (Å²) in [6.45, 7) is 10.2. The molecular weight excluding hydrogens is 307 g/mol. The van der Waals surface area contributed by atoms with Crippen LogP contribution in [0.3, 0.4) is 0 Å². The zero-order valence-electron chi connectivity index (χ0n) is 10.2. The number of likely N-dealkylation sites (N-methyl/N-ethyl adjacent to an activating group) is 2. The van der Waals surface area contributed by atoms with Gasteiger partial charge in [-0.25, -0.2) is 7.91 Å². The lowest BCUT2D eigenvalue weighted by atomic mass is 10.2. The third-order valence-electron chi connectivity index (χ3n) is 1.73. The molecule has 0 rings (SSSR count). The predicted molar refractivity (Wildman–Crippen MR) is 70.1 cm³/mol. The first-order valence-corrected chi connectivity index (χ1v) is 6.07. The van der Waals surface area contributed by atoms with Crippen molar-refractivity contribution < 1.29 is 9.53 Å². The molecule has 1 amide bonds. The number of hydrogen-bond donors (Lipinski definition) is 0. The quantitative estimate of drug-likeness (QED) is 0.587. The smallest absolute Gasteiger partial charge is 0.410 e. The molecule has 0 saturated carbocycles. The molecule has 0 aliphatic carbocycles. The van der Waals surface area contributed by atoms with Gasteiger partial charge in [-0.05, 0) is 20.8 Å². The van der Waals surface area contributed by atoms with Crippen LogP contribution in [0.1, 0.15) is 27.7 Å². The van der Waals surface area contributed by atoms with Crippen molar-refractivity contribution in [2.24, 2.45) is 0 Å². The third kappa shape index (κ3) is 7.84. The van der Waals surface area contributed by atoms with Gasteiger partial charge in [-0.1, -0.05) is 6.92 Å². The lowest BCUT2D eigenvalue weighted by Crippen LogP contribution is -2.37. The second-order valence-corrected chi connectivity index (χ2v) is 5.77. The fraction of sp³-hybridized carbons (Fsp3) is 0.900. The minimum Gasteiger partial charge on any atom is -0.444 e. The second kappa shape index (κ2) is 6.52. The van der Waals surface area contributed by atoms with Crippen LogP contribution >= 0.6 is 22.9 Å². The Morgan fingerprint density at radius 1 is 1.33 bits per heavy atom. The van der Waals surface area contributed by atoms with E-state index < -0.39 is 5.60 Å². The van der Waals surface area contributed by atoms with Crippen molar-refractivity contribution in [3.63, 3.8) is 0 Å². The van der Waals surface area contributed by atoms with E-state index in [0.717, 1.165) is 13.1 Å². The summed E-state index contributed by atoms with van der Waals surface area (Å²) in [7, 11) is 1.76. The Labute approximate surface area is 106 Å². The molecule has 15 heavy (non-hydrogen) atoms. The van der Waals surface area contributed by atoms with Crippen molar-refractivity contribution in [2.45, 2.75) is 33.3 Å². The molecule has 0 N–H and O–H groups in total. The first-order chi connectivity index (χ1) is 6.76. The van der Waals surface area contributed by atoms with Gasteiger partial charge in [0.05, 0.1) is 0 Å². The molecule has 0 bridgehead atoms. The van der Waals surface area contributed by atoms with Crippen LogP contribution in [-0.4, -0.2) is 46.4 Å². The van der Waals surface area contributed by atoms with Gasteiger partial charge in [0.25, 0.3) is 0 Å². The molecular formula is C10H21IN2O2. The minimum absolute atomic E-state index is 0.261. The van der Waals surface area contributed by atoms with E-state index in [0.29, 0.717) is 6.54 Å². The van der Waals surface area contributed by atoms with Gasteiger partial charge in [-0.3, -0.25) is 0 Å². The van der Waals surface area contributed by atoms with E-state index in [1.165, 1.54) is 0 Å². The maximum atomic E-state index is 11.5. The van der Waals surface area contributed by atoms with Crippen LogP contribution in [0.2, 0.25) is 0 Å². The van der Waals surface area contributed by atoms with Gasteiger partial charge in [-0.15, -0.1) is 0 Å². The predicted octanol–water partition coefficient (Wildman–Crippen LogP) is 2.53. The third-order valence-corrected chi connectivity index (χ3v) is 2.89. The fourth-order valence-electron chi connectivity index (χ4n) is 0.848. The van der Waals surface area contributed by atoms with E-state index in [1.807, 2.05) is 20.8 Å². The summed E-state index contributed by atoms with van der Waals surface area (Å²) in [5, 5.41) is 0. The van der Waals surface area contributed by atoms with E-state index >= 15 is 0 Å². The molecule has 0 spiro atoms. The van der Waals surface area contributed by atoms with Crippen molar-refractivity contribution in [1.29, 1.82) is 0 Å². The van der Waals surface area contributed by atoms with Gasteiger partial charge in [0.1, 0.15) is 5.60 Å². The molecule has 0 unspecified atom stereocenters. The highest BCUT2D eigenvalue weighted by molar-refractivity contribution is 14.1. The lowest BCUT2D eigenvalue weighted by molar-refractivity contribution is 0.0296. The summed E-state index contributed by atoms with van der Waals surface area (Å²) in [4.78, 5) is 13.1. The number of hydrogen-bond acceptors (Lipinski definition) is 3. The number of carbonyl (C=O) groups is 1. The van der Waals surface area contributed by atoms with Gasteiger partial charge < -0.3 is 9.64 Å². The number of nitrogens with zero attached hydrogens (tertiary/aromatic N) is 2. The monoisotopic (exact) mass is 328 g/mol. The Bertz CT molecular complexity index is 204. The Morgan fingerprint density at radius 2 is 1.87 bits per heavy atom. The van der Waals surface area contributed by atoms with Crippen molar-refractivity contribution in [3.8, 4) is 0 Å². The average molecular weight is 328 g/mol. The fourth-order valence-corrected chi connectivity index (χ4v) is 1.06. The van der Waals surface area contributed by atoms with Crippen molar-refractivity contribution in [1.82, 2.24) is 8.01 Å². The van der Waals surface area contributed by atoms with Gasteiger partial charge in [0.15, 0.2) is 0 Å². The Hall–Kier alpha value is -0.0400. The van der Waals surface area contributed by atoms with E-state index in [-0.39, 0.29) is 6.09 Å². The van der Waals surface area contributed by atoms with Gasteiger partial charge in [-0.2, -0.15) is 0 Å². The zero-order valence-corrected chi connectivity index (χ0v) is 12.4. The van der Waals surface area contributed by atoms with Crippen molar-refractivity contribution in [2.75, 3.05) is 26.7 Å². The summed E-state index contributed by atoms with van der Waals surface area (Å²) >= 11 is 2.25. The number of halogens is 1. The number of amides is 1. The summed E-state index contributed by atoms with van der Waals surface area (Å²) in [5.74, 6) is 0. The molecule has 0 aromatic rings. The van der Waals surface area contributed by atoms with Crippen LogP contribution in [-0.2, 0) is 4.74 Å². The summed E-state index contributed by atoms with van der Waals surface area (Å²) in [6, 6.07) is 0. The molecule has 5 heteroatoms. The molecule has 0 aromatic carbocycles. The summed E-state index contributed by atoms with van der Waals surface area (Å²) in [6.07, 6.45) is -0.261. The molecule has 0 heterocycles. The molecule has 0 atom stereocenters. The minimum atomic E-state index is -0.417. The van der Waals surface area contributed by atoms with Crippen LogP contribution in [0, 0.1) is 0 Å². The van der Waals surface area contributed by atoms with Gasteiger partial charge in [0, 0.05) is 49.5 Å². The van der Waals surface area contributed by atoms with Crippen LogP contribution in [0.5, 0.6) is 0 Å². The second-order valence-electron chi connectivity index (χ2n) is 4.40. The summed E-state index contributed by atoms with van der Waals surface area (Å²) in [5.41, 5.74) is -0.417. The molecule has 0 saturated heterocycles. The SMILES string of the molecule is CCN(I)CCN(C)C(=O)OC(C)(C)C. The normalized spacial score (nSPS) is 11.7. The molecule has 0 aliphatic rings. The molecule has 0 fully saturated rings. The topological polar surface area (TPSA) is 32.8 Å². The van der Waals surface area contributed by atoms with E-state index in [4.69, 9.17) is 4.74 Å². The Morgan fingerprint density at radius 3 is 2.27 bits per heavy atom. The van der Waals surface area contributed by atoms with Crippen LogP contribution < -0.4 is 0 Å². The zero-order chi connectivity index (χ0) is 12.1. The highest BCUT2D eigenvalue weighted by atomic mass is 127. The van der Waals surface area contributed by atoms with E-state index in [9.17, 15) is 4.79 Å². The van der Waals surface area contributed by atoms with E-state index in [2.05, 4.69) is 32.9 Å². The van der Waals surface area contributed by atoms with Crippen molar-refractivity contribution >= 4 is 29.0 Å². The maximum Gasteiger partial charge on any atom is 0.410 e. The number of ether oxygens (including phenoxy) is 1. The number of carbonyl (C=O) groups excluding carboxylic acids is 1. The van der Waals surface area contributed by atoms with E-state index in [1.54, 1.807) is 11.9 Å². The molecule has 90 valence electrons. The average Bonchev–Trinajstić information content (AvgIpc) is 2.10. The first kappa shape index (κ1) is 15.0. The lowest BCUT2D eigenvalue weighted by Gasteiger charge is -2.25. The Kier molecular flexibility index (Phi) is 6.51. The maximum absolute atomic E-state index is 11.5. The highest BCUT2D eigenvalue weighted by Crippen LogP contribution is 2.09. The highest BCUT2D eigenvalue weighted by Gasteiger charge is 2.19. The first-order valence-electron chi connectivity index (χ1n) is 5.11. The van der Waals surface area contributed by atoms with Crippen LogP contribution in [0.4, 0.5) is 4.79 Å². The summed E-state index contributed by atoms with van der Waals surface area (Å²) < 4.78 is 7.36. The molecule has 4 nitrogen and oxygen atoms in total. The van der Waals surface area contributed by atoms with Crippen LogP contribution in [0.25, 0.3) is 0 Å². The molecule has 0 aromatic heterocycles. The largest absolute Gasteiger partial charge is 0.444 e. The van der Waals surface area contributed by atoms with Gasteiger partial charge >= 0.3 is 6.09 Å². The molecule has 0 radical (unpaired) electrons. The van der Waals surface area contributed by atoms with Gasteiger partial charge in [0.2, 0.25) is 0 Å². The number of rotatable bonds is 4. The molecule has 0 aliphatic heterocycles. The van der Waals surface area contributed by atoms with Crippen LogP contribution in [0.15, 0.2) is 0 Å². The van der Waals surface area contributed by atoms with Crippen molar-refractivity contribution in [3.05, 3.63) is 0 Å². The Balaban J connectivity index is 3.90.